The number of nitrogens with zero attached hydrogens (tertiary/aromatic N) is 2. The van der Waals surface area contributed by atoms with Gasteiger partial charge in [0.2, 0.25) is 0 Å². The molecule has 0 atom stereocenters. The molecule has 0 radical (unpaired) electrons. The van der Waals surface area contributed by atoms with E-state index in [2.05, 4.69) is 22.1 Å². The third kappa shape index (κ3) is 4.15. The van der Waals surface area contributed by atoms with Gasteiger partial charge < -0.3 is 10.2 Å². The lowest BCUT2D eigenvalue weighted by Gasteiger charge is -2.10. The number of amides is 1. The molecule has 90 valence electrons. The largest absolute Gasteiger partial charge is 0.369 e. The Morgan fingerprint density at radius 1 is 1.47 bits per heavy atom. The number of hydrogen-bond donors (Lipinski definition) is 1. The van der Waals surface area contributed by atoms with Crippen LogP contribution in [0.15, 0.2) is 18.3 Å². The van der Waals surface area contributed by atoms with Crippen LogP contribution >= 0.6 is 0 Å². The lowest BCUT2D eigenvalue weighted by atomic mass is 10.2. The number of carbonyl (C=O) groups excluding carboxylic acids is 1. The van der Waals surface area contributed by atoms with Gasteiger partial charge in [0.05, 0.1) is 5.56 Å². The van der Waals surface area contributed by atoms with Crippen LogP contribution in [0, 0.1) is 11.8 Å². The van der Waals surface area contributed by atoms with Gasteiger partial charge >= 0.3 is 0 Å². The summed E-state index contributed by atoms with van der Waals surface area (Å²) in [6.45, 7) is 2.58. The fraction of sp³-hybridized carbons (Fsp3) is 0.385. The third-order valence-corrected chi connectivity index (χ3v) is 2.15. The van der Waals surface area contributed by atoms with Gasteiger partial charge in [0, 0.05) is 33.3 Å². The van der Waals surface area contributed by atoms with Crippen LogP contribution in [-0.4, -0.2) is 36.4 Å². The van der Waals surface area contributed by atoms with Crippen molar-refractivity contribution >= 4 is 11.7 Å². The molecule has 0 saturated heterocycles. The Labute approximate surface area is 102 Å². The van der Waals surface area contributed by atoms with Crippen LogP contribution in [0.1, 0.15) is 23.7 Å². The van der Waals surface area contributed by atoms with Crippen molar-refractivity contribution in [1.82, 2.24) is 9.88 Å². The Kier molecular flexibility index (Phi) is 5.02. The molecule has 0 spiro atoms. The van der Waals surface area contributed by atoms with E-state index in [1.807, 2.05) is 6.92 Å². The van der Waals surface area contributed by atoms with E-state index in [-0.39, 0.29) is 5.91 Å². The lowest BCUT2D eigenvalue weighted by molar-refractivity contribution is 0.0827. The van der Waals surface area contributed by atoms with Crippen LogP contribution in [-0.2, 0) is 0 Å². The number of hydrogen-bond acceptors (Lipinski definition) is 3. The molecule has 0 saturated carbocycles. The van der Waals surface area contributed by atoms with Gasteiger partial charge in [-0.1, -0.05) is 0 Å². The average molecular weight is 231 g/mol. The van der Waals surface area contributed by atoms with Gasteiger partial charge in [-0.15, -0.1) is 11.8 Å². The molecule has 4 nitrogen and oxygen atoms in total. The van der Waals surface area contributed by atoms with E-state index in [4.69, 9.17) is 0 Å². The monoisotopic (exact) mass is 231 g/mol. The second-order valence-electron chi connectivity index (χ2n) is 3.74. The minimum Gasteiger partial charge on any atom is -0.369 e. The first kappa shape index (κ1) is 13.0. The molecule has 1 amide bonds. The SMILES string of the molecule is CC#CCCNc1ccc(C(=O)N(C)C)cn1. The third-order valence-electron chi connectivity index (χ3n) is 2.15. The average Bonchev–Trinajstić information content (AvgIpc) is 2.34. The van der Waals surface area contributed by atoms with Crippen LogP contribution in [0.4, 0.5) is 5.82 Å². The van der Waals surface area contributed by atoms with E-state index in [9.17, 15) is 4.79 Å². The van der Waals surface area contributed by atoms with Crippen molar-refractivity contribution in [3.63, 3.8) is 0 Å². The van der Waals surface area contributed by atoms with Crippen LogP contribution in [0.5, 0.6) is 0 Å². The highest BCUT2D eigenvalue weighted by Gasteiger charge is 2.07. The predicted octanol–water partition coefficient (Wildman–Crippen LogP) is 1.61. The number of rotatable bonds is 4. The molecule has 1 rings (SSSR count). The van der Waals surface area contributed by atoms with Gasteiger partial charge in [0.15, 0.2) is 0 Å². The second kappa shape index (κ2) is 6.54. The smallest absolute Gasteiger partial charge is 0.254 e. The summed E-state index contributed by atoms with van der Waals surface area (Å²) in [6.07, 6.45) is 2.37. The van der Waals surface area contributed by atoms with Gasteiger partial charge in [0.25, 0.3) is 5.91 Å². The van der Waals surface area contributed by atoms with Gasteiger partial charge in [0.1, 0.15) is 5.82 Å². The standard InChI is InChI=1S/C13H17N3O/c1-4-5-6-9-14-12-8-7-11(10-15-12)13(17)16(2)3/h7-8,10H,6,9H2,1-3H3,(H,14,15). The molecule has 1 aromatic rings. The van der Waals surface area contributed by atoms with Crippen molar-refractivity contribution in [2.75, 3.05) is 26.0 Å². The minimum absolute atomic E-state index is 0.0408. The number of aromatic nitrogens is 1. The van der Waals surface area contributed by atoms with E-state index in [1.165, 1.54) is 4.90 Å². The van der Waals surface area contributed by atoms with E-state index in [1.54, 1.807) is 32.4 Å². The molecule has 17 heavy (non-hydrogen) atoms. The van der Waals surface area contributed by atoms with Crippen LogP contribution in [0.3, 0.4) is 0 Å². The summed E-state index contributed by atoms with van der Waals surface area (Å²) in [5.41, 5.74) is 0.592. The summed E-state index contributed by atoms with van der Waals surface area (Å²) in [5.74, 6) is 6.51. The summed E-state index contributed by atoms with van der Waals surface area (Å²) < 4.78 is 0. The fourth-order valence-electron chi connectivity index (χ4n) is 1.26. The Balaban J connectivity index is 2.55. The first-order valence-corrected chi connectivity index (χ1v) is 5.46. The van der Waals surface area contributed by atoms with Crippen molar-refractivity contribution in [2.45, 2.75) is 13.3 Å². The van der Waals surface area contributed by atoms with Crippen molar-refractivity contribution in [2.24, 2.45) is 0 Å². The molecule has 1 heterocycles. The van der Waals surface area contributed by atoms with Crippen molar-refractivity contribution in [3.8, 4) is 11.8 Å². The molecule has 0 aliphatic heterocycles. The molecule has 0 aliphatic rings. The Morgan fingerprint density at radius 3 is 2.76 bits per heavy atom. The first-order valence-electron chi connectivity index (χ1n) is 5.46. The fourth-order valence-corrected chi connectivity index (χ4v) is 1.26. The maximum Gasteiger partial charge on any atom is 0.254 e. The quantitative estimate of drug-likeness (QED) is 0.632. The van der Waals surface area contributed by atoms with Gasteiger partial charge in [-0.25, -0.2) is 4.98 Å². The zero-order valence-electron chi connectivity index (χ0n) is 10.4. The molecule has 1 N–H and O–H groups in total. The minimum atomic E-state index is -0.0408. The molecule has 4 heteroatoms. The summed E-state index contributed by atoms with van der Waals surface area (Å²) in [6, 6.07) is 3.57. The summed E-state index contributed by atoms with van der Waals surface area (Å²) >= 11 is 0. The van der Waals surface area contributed by atoms with E-state index < -0.39 is 0 Å². The normalized spacial score (nSPS) is 9.12. The molecule has 1 aromatic heterocycles. The zero-order chi connectivity index (χ0) is 12.7. The Hall–Kier alpha value is -2.02. The highest BCUT2D eigenvalue weighted by atomic mass is 16.2. The Morgan fingerprint density at radius 2 is 2.24 bits per heavy atom. The van der Waals surface area contributed by atoms with Crippen molar-refractivity contribution < 1.29 is 4.79 Å². The predicted molar refractivity (Wildman–Crippen MR) is 68.8 cm³/mol. The number of pyridine rings is 1. The highest BCUT2D eigenvalue weighted by Crippen LogP contribution is 2.06. The molecular formula is C13H17N3O. The van der Waals surface area contributed by atoms with Gasteiger partial charge in [-0.3, -0.25) is 4.79 Å². The van der Waals surface area contributed by atoms with Gasteiger partial charge in [-0.2, -0.15) is 0 Å². The zero-order valence-corrected chi connectivity index (χ0v) is 10.4. The maximum atomic E-state index is 11.6. The van der Waals surface area contributed by atoms with Crippen LogP contribution in [0.2, 0.25) is 0 Å². The van der Waals surface area contributed by atoms with Crippen LogP contribution < -0.4 is 5.32 Å². The van der Waals surface area contributed by atoms with Gasteiger partial charge in [-0.05, 0) is 19.1 Å². The first-order chi connectivity index (χ1) is 8.15. The highest BCUT2D eigenvalue weighted by molar-refractivity contribution is 5.93. The van der Waals surface area contributed by atoms with E-state index in [0.717, 1.165) is 18.8 Å². The van der Waals surface area contributed by atoms with Crippen LogP contribution in [0.25, 0.3) is 0 Å². The molecule has 0 bridgehead atoms. The van der Waals surface area contributed by atoms with Crippen molar-refractivity contribution in [3.05, 3.63) is 23.9 Å². The summed E-state index contributed by atoms with van der Waals surface area (Å²) in [4.78, 5) is 17.3. The topological polar surface area (TPSA) is 45.2 Å². The number of anilines is 1. The summed E-state index contributed by atoms with van der Waals surface area (Å²) in [5, 5.41) is 3.14. The molecule has 0 aromatic carbocycles. The van der Waals surface area contributed by atoms with E-state index >= 15 is 0 Å². The second-order valence-corrected chi connectivity index (χ2v) is 3.74. The molecule has 0 unspecified atom stereocenters. The Bertz CT molecular complexity index is 426. The van der Waals surface area contributed by atoms with Crippen molar-refractivity contribution in [1.29, 1.82) is 0 Å². The molecule has 0 fully saturated rings. The number of nitrogens with one attached hydrogen (secondary N) is 1. The molecule has 0 aliphatic carbocycles. The maximum absolute atomic E-state index is 11.6. The van der Waals surface area contributed by atoms with E-state index in [0.29, 0.717) is 5.56 Å². The number of carbonyl (C=O) groups is 1. The lowest BCUT2D eigenvalue weighted by Crippen LogP contribution is -2.21. The molecular weight excluding hydrogens is 214 g/mol. The summed E-state index contributed by atoms with van der Waals surface area (Å²) in [7, 11) is 3.44.